The lowest BCUT2D eigenvalue weighted by atomic mass is 10.1. The predicted molar refractivity (Wildman–Crippen MR) is 64.6 cm³/mol. The van der Waals surface area contributed by atoms with Crippen LogP contribution in [0.5, 0.6) is 0 Å². The van der Waals surface area contributed by atoms with Crippen molar-refractivity contribution < 1.29 is 9.90 Å². The van der Waals surface area contributed by atoms with E-state index in [0.717, 1.165) is 22.5 Å². The highest BCUT2D eigenvalue weighted by atomic mass is 35.5. The molecule has 0 aliphatic carbocycles. The standard InChI is InChI=1S/C12H10ClNO2/c1-14-7-8(2-5-12(15)16)10-6-9(13)3-4-11(10)14/h2-7H,1H3,(H,15,16)/b5-2+. The molecule has 4 heteroatoms. The van der Waals surface area contributed by atoms with Crippen molar-refractivity contribution in [3.8, 4) is 0 Å². The number of aliphatic carboxylic acids is 1. The van der Waals surface area contributed by atoms with E-state index in [9.17, 15) is 4.79 Å². The normalized spacial score (nSPS) is 11.4. The van der Waals surface area contributed by atoms with Crippen molar-refractivity contribution in [3.05, 3.63) is 41.1 Å². The molecule has 1 aromatic heterocycles. The smallest absolute Gasteiger partial charge is 0.328 e. The van der Waals surface area contributed by atoms with Crippen LogP contribution in [0, 0.1) is 0 Å². The summed E-state index contributed by atoms with van der Waals surface area (Å²) >= 11 is 5.91. The van der Waals surface area contributed by atoms with Crippen LogP contribution in [0.25, 0.3) is 17.0 Å². The first-order valence-electron chi connectivity index (χ1n) is 4.73. The second kappa shape index (κ2) is 4.02. The monoisotopic (exact) mass is 235 g/mol. The van der Waals surface area contributed by atoms with Crippen molar-refractivity contribution in [1.29, 1.82) is 0 Å². The SMILES string of the molecule is Cn1cc(/C=C/C(=O)O)c2cc(Cl)ccc21. The maximum atomic E-state index is 10.5. The number of carbonyl (C=O) groups is 1. The van der Waals surface area contributed by atoms with Crippen molar-refractivity contribution in [2.75, 3.05) is 0 Å². The molecular formula is C12H10ClNO2. The van der Waals surface area contributed by atoms with Crippen molar-refractivity contribution >= 4 is 34.5 Å². The molecule has 2 rings (SSSR count). The molecule has 0 aliphatic heterocycles. The Hall–Kier alpha value is -1.74. The van der Waals surface area contributed by atoms with E-state index >= 15 is 0 Å². The first-order valence-corrected chi connectivity index (χ1v) is 5.11. The van der Waals surface area contributed by atoms with E-state index in [1.807, 2.05) is 36.0 Å². The number of aromatic nitrogens is 1. The van der Waals surface area contributed by atoms with Crippen LogP contribution in [0.3, 0.4) is 0 Å². The van der Waals surface area contributed by atoms with Crippen molar-refractivity contribution in [3.63, 3.8) is 0 Å². The first-order chi connectivity index (χ1) is 7.58. The van der Waals surface area contributed by atoms with Gasteiger partial charge in [0.1, 0.15) is 0 Å². The van der Waals surface area contributed by atoms with Gasteiger partial charge in [0.25, 0.3) is 0 Å². The molecule has 1 aromatic carbocycles. The van der Waals surface area contributed by atoms with Gasteiger partial charge < -0.3 is 9.67 Å². The largest absolute Gasteiger partial charge is 0.478 e. The van der Waals surface area contributed by atoms with Crippen LogP contribution in [-0.2, 0) is 11.8 Å². The van der Waals surface area contributed by atoms with Gasteiger partial charge >= 0.3 is 5.97 Å². The van der Waals surface area contributed by atoms with Gasteiger partial charge in [-0.25, -0.2) is 4.79 Å². The molecule has 82 valence electrons. The van der Waals surface area contributed by atoms with Crippen molar-refractivity contribution in [2.45, 2.75) is 0 Å². The highest BCUT2D eigenvalue weighted by molar-refractivity contribution is 6.31. The zero-order valence-electron chi connectivity index (χ0n) is 8.64. The van der Waals surface area contributed by atoms with Gasteiger partial charge in [-0.2, -0.15) is 0 Å². The minimum Gasteiger partial charge on any atom is -0.478 e. The molecule has 1 N–H and O–H groups in total. The zero-order valence-corrected chi connectivity index (χ0v) is 9.40. The van der Waals surface area contributed by atoms with Gasteiger partial charge in [0, 0.05) is 40.8 Å². The topological polar surface area (TPSA) is 42.2 Å². The molecule has 0 saturated heterocycles. The average Bonchev–Trinajstić information content (AvgIpc) is 2.52. The third kappa shape index (κ3) is 1.95. The van der Waals surface area contributed by atoms with Gasteiger partial charge in [-0.15, -0.1) is 0 Å². The molecule has 0 aliphatic rings. The Bertz CT molecular complexity index is 584. The van der Waals surface area contributed by atoms with E-state index < -0.39 is 5.97 Å². The first kappa shape index (κ1) is 10.8. The molecule has 0 atom stereocenters. The molecule has 0 amide bonds. The lowest BCUT2D eigenvalue weighted by molar-refractivity contribution is -0.131. The Labute approximate surface area is 97.6 Å². The molecule has 0 bridgehead atoms. The Morgan fingerprint density at radius 3 is 2.94 bits per heavy atom. The molecule has 2 aromatic rings. The Morgan fingerprint density at radius 1 is 1.50 bits per heavy atom. The minimum atomic E-state index is -0.959. The van der Waals surface area contributed by atoms with Gasteiger partial charge in [-0.3, -0.25) is 0 Å². The summed E-state index contributed by atoms with van der Waals surface area (Å²) in [7, 11) is 1.91. The number of carboxylic acids is 1. The number of fused-ring (bicyclic) bond motifs is 1. The Kier molecular flexibility index (Phi) is 2.71. The molecular weight excluding hydrogens is 226 g/mol. The van der Waals surface area contributed by atoms with Crippen LogP contribution in [0.15, 0.2) is 30.5 Å². The van der Waals surface area contributed by atoms with E-state index in [4.69, 9.17) is 16.7 Å². The summed E-state index contributed by atoms with van der Waals surface area (Å²) in [5.41, 5.74) is 1.87. The molecule has 1 heterocycles. The highest BCUT2D eigenvalue weighted by Crippen LogP contribution is 2.25. The fourth-order valence-electron chi connectivity index (χ4n) is 1.69. The van der Waals surface area contributed by atoms with E-state index in [1.54, 1.807) is 6.08 Å². The van der Waals surface area contributed by atoms with E-state index in [1.165, 1.54) is 0 Å². The van der Waals surface area contributed by atoms with Gasteiger partial charge in [0.15, 0.2) is 0 Å². The van der Waals surface area contributed by atoms with Gasteiger partial charge in [-0.1, -0.05) is 11.6 Å². The van der Waals surface area contributed by atoms with Crippen molar-refractivity contribution in [1.82, 2.24) is 4.57 Å². The summed E-state index contributed by atoms with van der Waals surface area (Å²) in [5, 5.41) is 10.2. The molecule has 0 fully saturated rings. The van der Waals surface area contributed by atoms with Crippen LogP contribution in [-0.4, -0.2) is 15.6 Å². The predicted octanol–water partition coefficient (Wildman–Crippen LogP) is 2.93. The van der Waals surface area contributed by atoms with Crippen LogP contribution in [0.1, 0.15) is 5.56 Å². The molecule has 16 heavy (non-hydrogen) atoms. The number of benzene rings is 1. The fraction of sp³-hybridized carbons (Fsp3) is 0.0833. The second-order valence-electron chi connectivity index (χ2n) is 3.53. The molecule has 0 radical (unpaired) electrons. The third-order valence-corrected chi connectivity index (χ3v) is 2.62. The fourth-order valence-corrected chi connectivity index (χ4v) is 1.86. The summed E-state index contributed by atoms with van der Waals surface area (Å²) in [5.74, 6) is -0.959. The Morgan fingerprint density at radius 2 is 2.25 bits per heavy atom. The van der Waals surface area contributed by atoms with Crippen molar-refractivity contribution in [2.24, 2.45) is 7.05 Å². The van der Waals surface area contributed by atoms with Crippen LogP contribution >= 0.6 is 11.6 Å². The number of nitrogens with zero attached hydrogens (tertiary/aromatic N) is 1. The second-order valence-corrected chi connectivity index (χ2v) is 3.96. The lowest BCUT2D eigenvalue weighted by Gasteiger charge is -1.95. The molecule has 3 nitrogen and oxygen atoms in total. The average molecular weight is 236 g/mol. The van der Waals surface area contributed by atoms with E-state index in [-0.39, 0.29) is 0 Å². The maximum absolute atomic E-state index is 10.5. The summed E-state index contributed by atoms with van der Waals surface area (Å²) in [4.78, 5) is 10.5. The number of carboxylic acid groups (broad SMARTS) is 1. The summed E-state index contributed by atoms with van der Waals surface area (Å²) in [6, 6.07) is 5.56. The van der Waals surface area contributed by atoms with Crippen LogP contribution in [0.4, 0.5) is 0 Å². The maximum Gasteiger partial charge on any atom is 0.328 e. The number of hydrogen-bond acceptors (Lipinski definition) is 1. The summed E-state index contributed by atoms with van der Waals surface area (Å²) in [6.07, 6.45) is 4.57. The van der Waals surface area contributed by atoms with Crippen LogP contribution < -0.4 is 0 Å². The van der Waals surface area contributed by atoms with Gasteiger partial charge in [0.2, 0.25) is 0 Å². The quantitative estimate of drug-likeness (QED) is 0.814. The number of rotatable bonds is 2. The molecule has 0 spiro atoms. The van der Waals surface area contributed by atoms with E-state index in [0.29, 0.717) is 5.02 Å². The summed E-state index contributed by atoms with van der Waals surface area (Å²) in [6.45, 7) is 0. The number of aryl methyl sites for hydroxylation is 1. The number of halogens is 1. The third-order valence-electron chi connectivity index (χ3n) is 2.39. The zero-order chi connectivity index (χ0) is 11.7. The molecule has 0 unspecified atom stereocenters. The van der Waals surface area contributed by atoms with E-state index in [2.05, 4.69) is 0 Å². The Balaban J connectivity index is 2.61. The van der Waals surface area contributed by atoms with Gasteiger partial charge in [-0.05, 0) is 24.3 Å². The minimum absolute atomic E-state index is 0.642. The van der Waals surface area contributed by atoms with Gasteiger partial charge in [0.05, 0.1) is 0 Å². The molecule has 0 saturated carbocycles. The van der Waals surface area contributed by atoms with Crippen LogP contribution in [0.2, 0.25) is 5.02 Å². The summed E-state index contributed by atoms with van der Waals surface area (Å²) < 4.78 is 1.94. The highest BCUT2D eigenvalue weighted by Gasteiger charge is 2.04. The lowest BCUT2D eigenvalue weighted by Crippen LogP contribution is -1.85. The number of hydrogen-bond donors (Lipinski definition) is 1.